The van der Waals surface area contributed by atoms with Gasteiger partial charge in [-0.25, -0.2) is 4.98 Å². The van der Waals surface area contributed by atoms with Gasteiger partial charge < -0.3 is 9.84 Å². The lowest BCUT2D eigenvalue weighted by atomic mass is 10.0. The number of rotatable bonds is 5. The first-order valence-electron chi connectivity index (χ1n) is 8.48. The number of hydrogen-bond acceptors (Lipinski definition) is 4. The molecule has 0 spiro atoms. The highest BCUT2D eigenvalue weighted by Crippen LogP contribution is 2.31. The summed E-state index contributed by atoms with van der Waals surface area (Å²) in [4.78, 5) is 16.0. The molecule has 4 aromatic rings. The number of fused-ring (bicyclic) bond motifs is 2. The molecule has 0 aliphatic carbocycles. The Bertz CT molecular complexity index is 1140. The van der Waals surface area contributed by atoms with Crippen molar-refractivity contribution in [3.63, 3.8) is 0 Å². The summed E-state index contributed by atoms with van der Waals surface area (Å²) >= 11 is 1.52. The minimum atomic E-state index is -0.869. The van der Waals surface area contributed by atoms with E-state index in [9.17, 15) is 9.90 Å². The summed E-state index contributed by atoms with van der Waals surface area (Å²) in [7, 11) is 1.65. The largest absolute Gasteiger partial charge is 0.497 e. The van der Waals surface area contributed by atoms with Crippen LogP contribution >= 0.6 is 11.3 Å². The standard InChI is InChI=1S/C22H17NO3S/c1-26-18-9-8-15-10-14(6-7-16(15)12-18)11-17(13-21(24)25)22-23-19-4-2-3-5-20(19)27-22/h2-12H,13H2,1H3,(H,24,25)/b17-11-. The zero-order valence-electron chi connectivity index (χ0n) is 14.7. The van der Waals surface area contributed by atoms with Crippen molar-refractivity contribution in [1.29, 1.82) is 0 Å². The van der Waals surface area contributed by atoms with Crippen molar-refractivity contribution in [2.45, 2.75) is 6.42 Å². The SMILES string of the molecule is COc1ccc2cc(/C=C(/CC(=O)O)c3nc4ccccc4s3)ccc2c1. The van der Waals surface area contributed by atoms with Crippen LogP contribution < -0.4 is 4.74 Å². The number of aromatic nitrogens is 1. The number of carboxylic acids is 1. The maximum atomic E-state index is 11.4. The lowest BCUT2D eigenvalue weighted by Gasteiger charge is -2.05. The lowest BCUT2D eigenvalue weighted by molar-refractivity contribution is -0.135. The molecule has 3 aromatic carbocycles. The van der Waals surface area contributed by atoms with E-state index < -0.39 is 5.97 Å². The topological polar surface area (TPSA) is 59.4 Å². The molecule has 1 aromatic heterocycles. The van der Waals surface area contributed by atoms with E-state index in [-0.39, 0.29) is 6.42 Å². The fourth-order valence-corrected chi connectivity index (χ4v) is 4.00. The Labute approximate surface area is 160 Å². The van der Waals surface area contributed by atoms with Gasteiger partial charge in [0.25, 0.3) is 0 Å². The lowest BCUT2D eigenvalue weighted by Crippen LogP contribution is -1.97. The van der Waals surface area contributed by atoms with Crippen molar-refractivity contribution in [2.75, 3.05) is 7.11 Å². The highest BCUT2D eigenvalue weighted by molar-refractivity contribution is 7.19. The second kappa shape index (κ2) is 7.21. The average molecular weight is 375 g/mol. The molecule has 0 unspecified atom stereocenters. The molecular formula is C22H17NO3S. The molecule has 0 saturated carbocycles. The van der Waals surface area contributed by atoms with E-state index in [1.807, 2.05) is 66.7 Å². The molecule has 1 N–H and O–H groups in total. The third-order valence-corrected chi connectivity index (χ3v) is 5.43. The van der Waals surface area contributed by atoms with Gasteiger partial charge in [0.05, 0.1) is 23.7 Å². The van der Waals surface area contributed by atoms with Gasteiger partial charge in [0.2, 0.25) is 0 Å². The van der Waals surface area contributed by atoms with Crippen molar-refractivity contribution < 1.29 is 14.6 Å². The van der Waals surface area contributed by atoms with Gasteiger partial charge in [-0.3, -0.25) is 4.79 Å². The van der Waals surface area contributed by atoms with Gasteiger partial charge in [-0.1, -0.05) is 30.3 Å². The highest BCUT2D eigenvalue weighted by Gasteiger charge is 2.12. The normalized spacial score (nSPS) is 11.8. The third-order valence-electron chi connectivity index (χ3n) is 4.32. The number of thiazole rings is 1. The second-order valence-electron chi connectivity index (χ2n) is 6.20. The Hall–Kier alpha value is -3.18. The Morgan fingerprint density at radius 3 is 2.67 bits per heavy atom. The molecule has 0 fully saturated rings. The summed E-state index contributed by atoms with van der Waals surface area (Å²) in [6.07, 6.45) is 1.84. The van der Waals surface area contributed by atoms with Crippen LogP contribution in [0.25, 0.3) is 32.6 Å². The summed E-state index contributed by atoms with van der Waals surface area (Å²) < 4.78 is 6.31. The molecule has 4 nitrogen and oxygen atoms in total. The molecule has 0 atom stereocenters. The van der Waals surface area contributed by atoms with Crippen molar-refractivity contribution >= 4 is 49.9 Å². The van der Waals surface area contributed by atoms with Gasteiger partial charge in [0, 0.05) is 0 Å². The van der Waals surface area contributed by atoms with Gasteiger partial charge in [-0.15, -0.1) is 11.3 Å². The molecular weight excluding hydrogens is 358 g/mol. The number of aliphatic carboxylic acids is 1. The van der Waals surface area contributed by atoms with E-state index in [0.717, 1.165) is 37.3 Å². The number of hydrogen-bond donors (Lipinski definition) is 1. The number of ether oxygens (including phenoxy) is 1. The molecule has 134 valence electrons. The molecule has 1 heterocycles. The van der Waals surface area contributed by atoms with E-state index in [4.69, 9.17) is 4.74 Å². The number of carbonyl (C=O) groups is 1. The Morgan fingerprint density at radius 2 is 1.89 bits per heavy atom. The number of carboxylic acid groups (broad SMARTS) is 1. The predicted molar refractivity (Wildman–Crippen MR) is 110 cm³/mol. The van der Waals surface area contributed by atoms with Crippen LogP contribution in [0.1, 0.15) is 17.0 Å². The van der Waals surface area contributed by atoms with Crippen molar-refractivity contribution in [1.82, 2.24) is 4.98 Å². The molecule has 0 saturated heterocycles. The average Bonchev–Trinajstić information content (AvgIpc) is 3.11. The second-order valence-corrected chi connectivity index (χ2v) is 7.23. The summed E-state index contributed by atoms with van der Waals surface area (Å²) in [6.45, 7) is 0. The molecule has 0 radical (unpaired) electrons. The summed E-state index contributed by atoms with van der Waals surface area (Å²) in [6, 6.07) is 19.8. The Balaban J connectivity index is 1.78. The fourth-order valence-electron chi connectivity index (χ4n) is 3.02. The molecule has 0 amide bonds. The maximum absolute atomic E-state index is 11.4. The van der Waals surface area contributed by atoms with Crippen molar-refractivity contribution in [3.05, 3.63) is 71.2 Å². The fraction of sp³-hybridized carbons (Fsp3) is 0.0909. The van der Waals surface area contributed by atoms with Crippen LogP contribution in [0.3, 0.4) is 0 Å². The molecule has 0 aliphatic rings. The van der Waals surface area contributed by atoms with Crippen LogP contribution in [0.15, 0.2) is 60.7 Å². The highest BCUT2D eigenvalue weighted by atomic mass is 32.1. The smallest absolute Gasteiger partial charge is 0.307 e. The quantitative estimate of drug-likeness (QED) is 0.502. The van der Waals surface area contributed by atoms with E-state index in [0.29, 0.717) is 5.57 Å². The number of nitrogens with zero attached hydrogens (tertiary/aromatic N) is 1. The minimum absolute atomic E-state index is 0.0690. The first-order chi connectivity index (χ1) is 13.1. The molecule has 0 aliphatic heterocycles. The molecule has 5 heteroatoms. The van der Waals surface area contributed by atoms with Gasteiger partial charge in [0.1, 0.15) is 10.8 Å². The van der Waals surface area contributed by atoms with E-state index in [1.54, 1.807) is 7.11 Å². The van der Waals surface area contributed by atoms with Crippen LogP contribution in [0.2, 0.25) is 0 Å². The number of benzene rings is 3. The van der Waals surface area contributed by atoms with Gasteiger partial charge in [0.15, 0.2) is 0 Å². The maximum Gasteiger partial charge on any atom is 0.307 e. The van der Waals surface area contributed by atoms with Gasteiger partial charge in [-0.05, 0) is 58.3 Å². The van der Waals surface area contributed by atoms with E-state index in [1.165, 1.54) is 11.3 Å². The monoisotopic (exact) mass is 375 g/mol. The third kappa shape index (κ3) is 3.68. The minimum Gasteiger partial charge on any atom is -0.497 e. The Morgan fingerprint density at radius 1 is 1.11 bits per heavy atom. The van der Waals surface area contributed by atoms with Crippen LogP contribution in [-0.2, 0) is 4.79 Å². The Kier molecular flexibility index (Phi) is 4.60. The summed E-state index contributed by atoms with van der Waals surface area (Å²) in [5, 5.41) is 12.2. The van der Waals surface area contributed by atoms with E-state index in [2.05, 4.69) is 4.98 Å². The molecule has 27 heavy (non-hydrogen) atoms. The zero-order valence-corrected chi connectivity index (χ0v) is 15.5. The predicted octanol–water partition coefficient (Wildman–Crippen LogP) is 5.47. The zero-order chi connectivity index (χ0) is 18.8. The van der Waals surface area contributed by atoms with Gasteiger partial charge >= 0.3 is 5.97 Å². The van der Waals surface area contributed by atoms with Crippen LogP contribution in [0, 0.1) is 0 Å². The summed E-state index contributed by atoms with van der Waals surface area (Å²) in [5.74, 6) is -0.0575. The van der Waals surface area contributed by atoms with Crippen molar-refractivity contribution in [2.24, 2.45) is 0 Å². The first-order valence-corrected chi connectivity index (χ1v) is 9.30. The van der Waals surface area contributed by atoms with E-state index >= 15 is 0 Å². The van der Waals surface area contributed by atoms with Crippen molar-refractivity contribution in [3.8, 4) is 5.75 Å². The van der Waals surface area contributed by atoms with Crippen LogP contribution in [0.5, 0.6) is 5.75 Å². The molecule has 0 bridgehead atoms. The van der Waals surface area contributed by atoms with Crippen LogP contribution in [0.4, 0.5) is 0 Å². The number of methoxy groups -OCH3 is 1. The molecule has 4 rings (SSSR count). The van der Waals surface area contributed by atoms with Gasteiger partial charge in [-0.2, -0.15) is 0 Å². The summed E-state index contributed by atoms with van der Waals surface area (Å²) in [5.41, 5.74) is 2.54. The first kappa shape index (κ1) is 17.2. The van der Waals surface area contributed by atoms with Crippen LogP contribution in [-0.4, -0.2) is 23.2 Å². The number of para-hydroxylation sites is 1.